The smallest absolute Gasteiger partial charge is 0.325 e. The van der Waals surface area contributed by atoms with Crippen molar-refractivity contribution in [1.29, 1.82) is 0 Å². The van der Waals surface area contributed by atoms with E-state index in [4.69, 9.17) is 4.84 Å². The number of H-pyrrole nitrogens is 2. The van der Waals surface area contributed by atoms with Gasteiger partial charge in [-0.3, -0.25) is 9.78 Å². The molecule has 0 spiro atoms. The summed E-state index contributed by atoms with van der Waals surface area (Å²) >= 11 is 0. The SMILES string of the molecule is C/C(=N\OC(C)C)c1c[nH]c(=O)[nH]c1=O. The van der Waals surface area contributed by atoms with E-state index >= 15 is 0 Å². The van der Waals surface area contributed by atoms with Gasteiger partial charge in [0, 0.05) is 6.20 Å². The van der Waals surface area contributed by atoms with Gasteiger partial charge < -0.3 is 9.82 Å². The molecule has 0 radical (unpaired) electrons. The maximum Gasteiger partial charge on any atom is 0.325 e. The predicted octanol–water partition coefficient (Wildman–Crippen LogP) is 0.212. The maximum absolute atomic E-state index is 11.3. The van der Waals surface area contributed by atoms with Crippen LogP contribution in [0.1, 0.15) is 26.3 Å². The maximum atomic E-state index is 11.3. The van der Waals surface area contributed by atoms with Gasteiger partial charge in [0.15, 0.2) is 0 Å². The van der Waals surface area contributed by atoms with Gasteiger partial charge in [-0.05, 0) is 20.8 Å². The molecule has 0 saturated carbocycles. The Morgan fingerprint density at radius 3 is 2.67 bits per heavy atom. The van der Waals surface area contributed by atoms with Crippen LogP contribution in [-0.2, 0) is 4.84 Å². The van der Waals surface area contributed by atoms with E-state index < -0.39 is 11.2 Å². The van der Waals surface area contributed by atoms with Gasteiger partial charge in [-0.15, -0.1) is 0 Å². The van der Waals surface area contributed by atoms with Crippen LogP contribution in [0.4, 0.5) is 0 Å². The zero-order valence-corrected chi connectivity index (χ0v) is 8.83. The van der Waals surface area contributed by atoms with Gasteiger partial charge in [-0.1, -0.05) is 5.16 Å². The average molecular weight is 211 g/mol. The topological polar surface area (TPSA) is 87.3 Å². The van der Waals surface area contributed by atoms with Crippen LogP contribution in [0.15, 0.2) is 20.9 Å². The standard InChI is InChI=1S/C9H13N3O3/c1-5(2)15-12-6(3)7-4-10-9(14)11-8(7)13/h4-5H,1-3H3,(H2,10,11,13,14)/b12-6+. The van der Waals surface area contributed by atoms with Crippen molar-refractivity contribution in [2.24, 2.45) is 5.16 Å². The summed E-state index contributed by atoms with van der Waals surface area (Å²) in [6, 6.07) is 0. The second kappa shape index (κ2) is 4.59. The molecule has 0 fully saturated rings. The molecule has 2 N–H and O–H groups in total. The summed E-state index contributed by atoms with van der Waals surface area (Å²) in [5.41, 5.74) is -0.315. The fraction of sp³-hybridized carbons (Fsp3) is 0.444. The lowest BCUT2D eigenvalue weighted by molar-refractivity contribution is 0.0860. The van der Waals surface area contributed by atoms with Crippen LogP contribution in [0.2, 0.25) is 0 Å². The molecule has 0 saturated heterocycles. The third kappa shape index (κ3) is 3.08. The summed E-state index contributed by atoms with van der Waals surface area (Å²) in [5, 5.41) is 3.76. The van der Waals surface area contributed by atoms with Gasteiger partial charge in [-0.25, -0.2) is 4.79 Å². The molecule has 1 rings (SSSR count). The largest absolute Gasteiger partial charge is 0.393 e. The molecule has 0 amide bonds. The Morgan fingerprint density at radius 1 is 1.47 bits per heavy atom. The Balaban J connectivity index is 3.01. The van der Waals surface area contributed by atoms with Crippen molar-refractivity contribution in [1.82, 2.24) is 9.97 Å². The Labute approximate surface area is 86.0 Å². The minimum Gasteiger partial charge on any atom is -0.393 e. The Bertz CT molecular complexity index is 470. The molecule has 0 bridgehead atoms. The lowest BCUT2D eigenvalue weighted by Gasteiger charge is -2.03. The van der Waals surface area contributed by atoms with Gasteiger partial charge in [0.2, 0.25) is 0 Å². The molecule has 1 heterocycles. The quantitative estimate of drug-likeness (QED) is 0.553. The zero-order chi connectivity index (χ0) is 11.4. The molecule has 0 aliphatic carbocycles. The second-order valence-electron chi connectivity index (χ2n) is 3.32. The highest BCUT2D eigenvalue weighted by Gasteiger charge is 2.04. The molecular formula is C9H13N3O3. The van der Waals surface area contributed by atoms with Crippen LogP contribution in [0, 0.1) is 0 Å². The Hall–Kier alpha value is -1.85. The van der Waals surface area contributed by atoms with E-state index in [1.165, 1.54) is 6.20 Å². The first-order valence-electron chi connectivity index (χ1n) is 4.53. The zero-order valence-electron chi connectivity index (χ0n) is 8.83. The van der Waals surface area contributed by atoms with Crippen molar-refractivity contribution in [3.63, 3.8) is 0 Å². The van der Waals surface area contributed by atoms with Crippen molar-refractivity contribution in [3.05, 3.63) is 32.6 Å². The molecule has 0 aliphatic heterocycles. The third-order valence-corrected chi connectivity index (χ3v) is 1.61. The molecular weight excluding hydrogens is 198 g/mol. The number of rotatable bonds is 3. The van der Waals surface area contributed by atoms with Gasteiger partial charge in [0.25, 0.3) is 5.56 Å². The number of hydrogen-bond acceptors (Lipinski definition) is 4. The first-order valence-corrected chi connectivity index (χ1v) is 4.53. The summed E-state index contributed by atoms with van der Waals surface area (Å²) in [7, 11) is 0. The van der Waals surface area contributed by atoms with Crippen LogP contribution < -0.4 is 11.2 Å². The van der Waals surface area contributed by atoms with E-state index in [2.05, 4.69) is 15.1 Å². The number of hydrogen-bond donors (Lipinski definition) is 2. The molecule has 1 aromatic heterocycles. The lowest BCUT2D eigenvalue weighted by atomic mass is 10.2. The monoisotopic (exact) mass is 211 g/mol. The summed E-state index contributed by atoms with van der Waals surface area (Å²) in [6.45, 7) is 5.28. The van der Waals surface area contributed by atoms with Crippen molar-refractivity contribution < 1.29 is 4.84 Å². The molecule has 1 aromatic rings. The lowest BCUT2D eigenvalue weighted by Crippen LogP contribution is -2.26. The van der Waals surface area contributed by atoms with Crippen molar-refractivity contribution in [2.45, 2.75) is 26.9 Å². The summed E-state index contributed by atoms with van der Waals surface area (Å²) < 4.78 is 0. The second-order valence-corrected chi connectivity index (χ2v) is 3.32. The molecule has 15 heavy (non-hydrogen) atoms. The molecule has 6 heteroatoms. The van der Waals surface area contributed by atoms with E-state index in [1.54, 1.807) is 6.92 Å². The highest BCUT2D eigenvalue weighted by Crippen LogP contribution is 1.94. The number of nitrogens with zero attached hydrogens (tertiary/aromatic N) is 1. The van der Waals surface area contributed by atoms with E-state index in [0.29, 0.717) is 5.71 Å². The van der Waals surface area contributed by atoms with Gasteiger partial charge in [0.1, 0.15) is 6.10 Å². The van der Waals surface area contributed by atoms with Crippen LogP contribution >= 0.6 is 0 Å². The summed E-state index contributed by atoms with van der Waals surface area (Å²) in [6.07, 6.45) is 1.26. The van der Waals surface area contributed by atoms with Crippen LogP contribution in [-0.4, -0.2) is 21.8 Å². The van der Waals surface area contributed by atoms with E-state index in [9.17, 15) is 9.59 Å². The highest BCUT2D eigenvalue weighted by atomic mass is 16.6. The van der Waals surface area contributed by atoms with Crippen molar-refractivity contribution in [3.8, 4) is 0 Å². The highest BCUT2D eigenvalue weighted by molar-refractivity contribution is 5.97. The molecule has 82 valence electrons. The first-order chi connectivity index (χ1) is 7.00. The number of oxime groups is 1. The van der Waals surface area contributed by atoms with Crippen LogP contribution in [0.3, 0.4) is 0 Å². The van der Waals surface area contributed by atoms with Crippen LogP contribution in [0.5, 0.6) is 0 Å². The molecule has 0 atom stereocenters. The Kier molecular flexibility index (Phi) is 3.43. The number of nitrogens with one attached hydrogen (secondary N) is 2. The van der Waals surface area contributed by atoms with E-state index in [0.717, 1.165) is 0 Å². The van der Waals surface area contributed by atoms with Crippen LogP contribution in [0.25, 0.3) is 0 Å². The Morgan fingerprint density at radius 2 is 2.13 bits per heavy atom. The predicted molar refractivity (Wildman–Crippen MR) is 56.1 cm³/mol. The first kappa shape index (κ1) is 11.2. The number of aromatic nitrogens is 2. The van der Waals surface area contributed by atoms with Gasteiger partial charge in [0.05, 0.1) is 11.3 Å². The van der Waals surface area contributed by atoms with Gasteiger partial charge >= 0.3 is 5.69 Å². The minimum absolute atomic E-state index is 0.0539. The summed E-state index contributed by atoms with van der Waals surface area (Å²) in [4.78, 5) is 31.5. The van der Waals surface area contributed by atoms with Crippen molar-refractivity contribution in [2.75, 3.05) is 0 Å². The fourth-order valence-electron chi connectivity index (χ4n) is 0.912. The average Bonchev–Trinajstić information content (AvgIpc) is 2.14. The molecule has 6 nitrogen and oxygen atoms in total. The minimum atomic E-state index is -0.540. The van der Waals surface area contributed by atoms with E-state index in [-0.39, 0.29) is 11.7 Å². The normalized spacial score (nSPS) is 11.9. The van der Waals surface area contributed by atoms with Crippen molar-refractivity contribution >= 4 is 5.71 Å². The molecule has 0 aliphatic rings. The summed E-state index contributed by atoms with van der Waals surface area (Å²) in [5.74, 6) is 0. The molecule has 0 aromatic carbocycles. The number of aromatic amines is 2. The van der Waals surface area contributed by atoms with E-state index in [1.807, 2.05) is 13.8 Å². The third-order valence-electron chi connectivity index (χ3n) is 1.61. The fourth-order valence-corrected chi connectivity index (χ4v) is 0.912. The molecule has 0 unspecified atom stereocenters. The van der Waals surface area contributed by atoms with Gasteiger partial charge in [-0.2, -0.15) is 0 Å².